The maximum atomic E-state index is 12.4. The number of sulfone groups is 1. The van der Waals surface area contributed by atoms with Crippen molar-refractivity contribution in [3.05, 3.63) is 40.2 Å². The van der Waals surface area contributed by atoms with Gasteiger partial charge >= 0.3 is 5.97 Å². The highest BCUT2D eigenvalue weighted by atomic mass is 35.5. The van der Waals surface area contributed by atoms with Crippen molar-refractivity contribution in [1.29, 1.82) is 0 Å². The zero-order chi connectivity index (χ0) is 15.8. The van der Waals surface area contributed by atoms with Crippen LogP contribution in [0.5, 0.6) is 0 Å². The van der Waals surface area contributed by atoms with Gasteiger partial charge in [-0.25, -0.2) is 13.2 Å². The van der Waals surface area contributed by atoms with E-state index in [4.69, 9.17) is 16.7 Å². The van der Waals surface area contributed by atoms with Gasteiger partial charge in [-0.2, -0.15) is 0 Å². The van der Waals surface area contributed by atoms with Crippen molar-refractivity contribution in [2.45, 2.75) is 17.6 Å². The average Bonchev–Trinajstić information content (AvgIpc) is 2.76. The average molecular weight is 330 g/mol. The Hall–Kier alpha value is -1.93. The first kappa shape index (κ1) is 15.5. The normalized spacial score (nSPS) is 11.6. The van der Waals surface area contributed by atoms with Gasteiger partial charge in [-0.3, -0.25) is 4.68 Å². The topological polar surface area (TPSA) is 102 Å². The minimum Gasteiger partial charge on any atom is -0.478 e. The molecule has 0 bridgehead atoms. The quantitative estimate of drug-likeness (QED) is 0.910. The molecule has 0 aliphatic carbocycles. The Bertz CT molecular complexity index is 814. The molecular formula is C12H12ClN3O4S. The summed E-state index contributed by atoms with van der Waals surface area (Å²) in [6, 6.07) is 2.47. The Labute approximate surface area is 126 Å². The van der Waals surface area contributed by atoms with E-state index in [1.807, 2.05) is 0 Å². The Kier molecular flexibility index (Phi) is 4.02. The summed E-state index contributed by atoms with van der Waals surface area (Å²) in [5.74, 6) is -1.60. The van der Waals surface area contributed by atoms with Crippen LogP contribution in [0.25, 0.3) is 0 Å². The monoisotopic (exact) mass is 329 g/mol. The van der Waals surface area contributed by atoms with Gasteiger partial charge in [0.1, 0.15) is 5.75 Å². The number of carboxylic acids is 1. The van der Waals surface area contributed by atoms with Crippen LogP contribution in [-0.2, 0) is 22.6 Å². The van der Waals surface area contributed by atoms with E-state index in [1.54, 1.807) is 7.05 Å². The fourth-order valence-corrected chi connectivity index (χ4v) is 3.78. The number of benzene rings is 1. The molecule has 9 heteroatoms. The number of carbonyl (C=O) groups is 1. The Morgan fingerprint density at radius 1 is 1.43 bits per heavy atom. The van der Waals surface area contributed by atoms with Gasteiger partial charge in [-0.1, -0.05) is 16.8 Å². The largest absolute Gasteiger partial charge is 0.478 e. The number of hydrogen-bond acceptors (Lipinski definition) is 5. The van der Waals surface area contributed by atoms with E-state index >= 15 is 0 Å². The van der Waals surface area contributed by atoms with Crippen LogP contribution < -0.4 is 0 Å². The lowest BCUT2D eigenvalue weighted by Gasteiger charge is -2.10. The molecule has 7 nitrogen and oxygen atoms in total. The van der Waals surface area contributed by atoms with Crippen LogP contribution in [0.15, 0.2) is 23.2 Å². The van der Waals surface area contributed by atoms with Crippen molar-refractivity contribution >= 4 is 27.4 Å². The summed E-state index contributed by atoms with van der Waals surface area (Å²) in [7, 11) is -2.15. The highest BCUT2D eigenvalue weighted by molar-refractivity contribution is 7.90. The molecule has 0 saturated carbocycles. The predicted molar refractivity (Wildman–Crippen MR) is 75.0 cm³/mol. The lowest BCUT2D eigenvalue weighted by atomic mass is 10.1. The molecule has 0 aliphatic rings. The number of aryl methyl sites for hydroxylation is 1. The molecule has 1 heterocycles. The first-order chi connectivity index (χ1) is 9.70. The molecule has 0 amide bonds. The van der Waals surface area contributed by atoms with Crippen molar-refractivity contribution < 1.29 is 18.3 Å². The van der Waals surface area contributed by atoms with Crippen LogP contribution in [0.1, 0.15) is 21.6 Å². The molecule has 0 fully saturated rings. The van der Waals surface area contributed by atoms with Gasteiger partial charge in [-0.05, 0) is 24.6 Å². The first-order valence-corrected chi connectivity index (χ1v) is 7.85. The van der Waals surface area contributed by atoms with Gasteiger partial charge in [0.05, 0.1) is 16.2 Å². The van der Waals surface area contributed by atoms with Crippen LogP contribution in [0.4, 0.5) is 0 Å². The molecule has 112 valence electrons. The molecule has 2 aromatic rings. The minimum absolute atomic E-state index is 0.0516. The van der Waals surface area contributed by atoms with Gasteiger partial charge in [0.15, 0.2) is 9.84 Å². The summed E-state index contributed by atoms with van der Waals surface area (Å²) in [6.07, 6.45) is 1.48. The summed E-state index contributed by atoms with van der Waals surface area (Å²) in [5.41, 5.74) is 0.282. The summed E-state index contributed by atoms with van der Waals surface area (Å²) < 4.78 is 26.2. The Morgan fingerprint density at radius 3 is 2.62 bits per heavy atom. The van der Waals surface area contributed by atoms with Crippen LogP contribution in [0.3, 0.4) is 0 Å². The second-order valence-electron chi connectivity index (χ2n) is 4.52. The maximum absolute atomic E-state index is 12.4. The fraction of sp³-hybridized carbons (Fsp3) is 0.250. The number of aromatic carboxylic acids is 1. The number of nitrogens with zero attached hydrogens (tertiary/aromatic N) is 3. The van der Waals surface area contributed by atoms with E-state index in [0.717, 1.165) is 0 Å². The van der Waals surface area contributed by atoms with Gasteiger partial charge in [0, 0.05) is 18.3 Å². The Balaban J connectivity index is 2.52. The van der Waals surface area contributed by atoms with E-state index < -0.39 is 15.8 Å². The summed E-state index contributed by atoms with van der Waals surface area (Å²) in [5, 5.41) is 16.5. The van der Waals surface area contributed by atoms with Crippen molar-refractivity contribution in [1.82, 2.24) is 15.0 Å². The van der Waals surface area contributed by atoms with E-state index in [2.05, 4.69) is 10.3 Å². The van der Waals surface area contributed by atoms with Crippen molar-refractivity contribution in [3.63, 3.8) is 0 Å². The molecule has 1 aromatic carbocycles. The third-order valence-corrected chi connectivity index (χ3v) is 4.87. The van der Waals surface area contributed by atoms with Crippen molar-refractivity contribution in [2.24, 2.45) is 7.05 Å². The molecule has 0 aliphatic heterocycles. The second-order valence-corrected chi connectivity index (χ2v) is 6.92. The highest BCUT2D eigenvalue weighted by Gasteiger charge is 2.23. The second kappa shape index (κ2) is 5.45. The standard InChI is InChI=1S/C12H12ClN3O4S/c1-7-10(12(17)18)3-8(13)4-11(7)21(19,20)6-9-5-16(2)15-14-9/h3-5H,6H2,1-2H3,(H,17,18). The SMILES string of the molecule is Cc1c(C(=O)O)cc(Cl)cc1S(=O)(=O)Cc1cn(C)nn1. The molecule has 0 radical (unpaired) electrons. The molecule has 21 heavy (non-hydrogen) atoms. The first-order valence-electron chi connectivity index (χ1n) is 5.82. The van der Waals surface area contributed by atoms with Crippen LogP contribution in [-0.4, -0.2) is 34.5 Å². The number of aromatic nitrogens is 3. The van der Waals surface area contributed by atoms with E-state index in [-0.39, 0.29) is 32.5 Å². The molecule has 0 saturated heterocycles. The summed E-state index contributed by atoms with van der Waals surface area (Å²) in [4.78, 5) is 11.0. The van der Waals surface area contributed by atoms with Gasteiger partial charge in [0.2, 0.25) is 0 Å². The summed E-state index contributed by atoms with van der Waals surface area (Å²) >= 11 is 5.82. The third-order valence-electron chi connectivity index (χ3n) is 2.88. The van der Waals surface area contributed by atoms with Crippen LogP contribution >= 0.6 is 11.6 Å². The number of rotatable bonds is 4. The van der Waals surface area contributed by atoms with Crippen molar-refractivity contribution in [3.8, 4) is 0 Å². The minimum atomic E-state index is -3.77. The lowest BCUT2D eigenvalue weighted by molar-refractivity contribution is 0.0696. The Morgan fingerprint density at radius 2 is 2.10 bits per heavy atom. The lowest BCUT2D eigenvalue weighted by Crippen LogP contribution is -2.11. The van der Waals surface area contributed by atoms with Crippen LogP contribution in [0.2, 0.25) is 5.02 Å². The van der Waals surface area contributed by atoms with Gasteiger partial charge in [0.25, 0.3) is 0 Å². The smallest absolute Gasteiger partial charge is 0.336 e. The van der Waals surface area contributed by atoms with Crippen LogP contribution in [0, 0.1) is 6.92 Å². The fourth-order valence-electron chi connectivity index (χ4n) is 1.93. The molecule has 0 atom stereocenters. The molecule has 2 rings (SSSR count). The van der Waals surface area contributed by atoms with Gasteiger partial charge < -0.3 is 5.11 Å². The van der Waals surface area contributed by atoms with E-state index in [1.165, 1.54) is 29.9 Å². The summed E-state index contributed by atoms with van der Waals surface area (Å²) in [6.45, 7) is 1.43. The molecule has 0 spiro atoms. The number of halogens is 1. The number of hydrogen-bond donors (Lipinski definition) is 1. The zero-order valence-corrected chi connectivity index (χ0v) is 12.8. The van der Waals surface area contributed by atoms with Gasteiger partial charge in [-0.15, -0.1) is 5.10 Å². The molecule has 0 unspecified atom stereocenters. The molecular weight excluding hydrogens is 318 g/mol. The molecule has 1 aromatic heterocycles. The maximum Gasteiger partial charge on any atom is 0.336 e. The van der Waals surface area contributed by atoms with Crippen molar-refractivity contribution in [2.75, 3.05) is 0 Å². The predicted octanol–water partition coefficient (Wildman–Crippen LogP) is 1.45. The highest BCUT2D eigenvalue weighted by Crippen LogP contribution is 2.26. The zero-order valence-electron chi connectivity index (χ0n) is 11.2. The third kappa shape index (κ3) is 3.22. The number of carboxylic acid groups (broad SMARTS) is 1. The van der Waals surface area contributed by atoms with E-state index in [9.17, 15) is 13.2 Å². The molecule has 1 N–H and O–H groups in total. The van der Waals surface area contributed by atoms with E-state index in [0.29, 0.717) is 0 Å².